The van der Waals surface area contributed by atoms with Gasteiger partial charge in [-0.1, -0.05) is 25.7 Å². The summed E-state index contributed by atoms with van der Waals surface area (Å²) in [5.74, 6) is 0.239. The van der Waals surface area contributed by atoms with Crippen LogP contribution < -0.4 is 15.4 Å². The number of hydrogen-bond donors (Lipinski definition) is 2. The molecule has 0 aromatic heterocycles. The molecule has 25 heavy (non-hydrogen) atoms. The number of halogens is 1. The number of amides is 1. The molecule has 1 aliphatic rings. The summed E-state index contributed by atoms with van der Waals surface area (Å²) in [5.41, 5.74) is -0.00334. The second-order valence-corrected chi connectivity index (χ2v) is 6.03. The van der Waals surface area contributed by atoms with E-state index in [0.717, 1.165) is 6.54 Å². The van der Waals surface area contributed by atoms with Crippen LogP contribution in [-0.2, 0) is 4.79 Å². The SMILES string of the molecule is Cl.O=C(COc1ccc([N+](=O)[O-])cc1)NCCNC1CCCCCC1. The van der Waals surface area contributed by atoms with E-state index in [0.29, 0.717) is 18.3 Å². The van der Waals surface area contributed by atoms with Crippen LogP contribution in [0.1, 0.15) is 38.5 Å². The number of nitrogens with zero attached hydrogens (tertiary/aromatic N) is 1. The number of nitrogens with one attached hydrogen (secondary N) is 2. The van der Waals surface area contributed by atoms with E-state index in [1.165, 1.54) is 62.8 Å². The van der Waals surface area contributed by atoms with Crippen molar-refractivity contribution in [2.45, 2.75) is 44.6 Å². The summed E-state index contributed by atoms with van der Waals surface area (Å²) in [6.07, 6.45) is 7.67. The molecule has 0 bridgehead atoms. The van der Waals surface area contributed by atoms with Gasteiger partial charge in [-0.05, 0) is 25.0 Å². The average molecular weight is 372 g/mol. The Kier molecular flexibility index (Phi) is 9.87. The van der Waals surface area contributed by atoms with Gasteiger partial charge in [0.25, 0.3) is 11.6 Å². The third-order valence-corrected chi connectivity index (χ3v) is 4.15. The Bertz CT molecular complexity index is 531. The maximum absolute atomic E-state index is 11.7. The van der Waals surface area contributed by atoms with Crippen LogP contribution in [0.15, 0.2) is 24.3 Å². The Hall–Kier alpha value is -1.86. The highest BCUT2D eigenvalue weighted by Gasteiger charge is 2.11. The summed E-state index contributed by atoms with van der Waals surface area (Å²) in [4.78, 5) is 21.8. The van der Waals surface area contributed by atoms with E-state index in [-0.39, 0.29) is 30.6 Å². The van der Waals surface area contributed by atoms with E-state index in [2.05, 4.69) is 10.6 Å². The molecule has 1 saturated carbocycles. The van der Waals surface area contributed by atoms with Crippen LogP contribution in [0.4, 0.5) is 5.69 Å². The van der Waals surface area contributed by atoms with Gasteiger partial charge in [-0.15, -0.1) is 12.4 Å². The van der Waals surface area contributed by atoms with Crippen LogP contribution in [0.2, 0.25) is 0 Å². The summed E-state index contributed by atoms with van der Waals surface area (Å²) in [6, 6.07) is 6.24. The molecule has 0 aliphatic heterocycles. The maximum atomic E-state index is 11.7. The van der Waals surface area contributed by atoms with Crippen molar-refractivity contribution in [3.05, 3.63) is 34.4 Å². The van der Waals surface area contributed by atoms with Crippen LogP contribution in [0.25, 0.3) is 0 Å². The lowest BCUT2D eigenvalue weighted by Crippen LogP contribution is -2.38. The summed E-state index contributed by atoms with van der Waals surface area (Å²) in [6.45, 7) is 1.23. The fourth-order valence-electron chi connectivity index (χ4n) is 2.83. The molecule has 0 saturated heterocycles. The van der Waals surface area contributed by atoms with E-state index < -0.39 is 4.92 Å². The number of rotatable bonds is 8. The lowest BCUT2D eigenvalue weighted by atomic mass is 10.1. The van der Waals surface area contributed by atoms with Crippen molar-refractivity contribution in [1.29, 1.82) is 0 Å². The quantitative estimate of drug-likeness (QED) is 0.317. The average Bonchev–Trinajstić information content (AvgIpc) is 2.86. The number of carbonyl (C=O) groups excluding carboxylic acids is 1. The summed E-state index contributed by atoms with van der Waals surface area (Å²) >= 11 is 0. The van der Waals surface area contributed by atoms with Crippen LogP contribution in [0.5, 0.6) is 5.75 Å². The molecule has 1 fully saturated rings. The lowest BCUT2D eigenvalue weighted by molar-refractivity contribution is -0.384. The monoisotopic (exact) mass is 371 g/mol. The summed E-state index contributed by atoms with van der Waals surface area (Å²) in [5, 5.41) is 16.8. The minimum Gasteiger partial charge on any atom is -0.484 e. The van der Waals surface area contributed by atoms with E-state index >= 15 is 0 Å². The topological polar surface area (TPSA) is 93.5 Å². The van der Waals surface area contributed by atoms with Gasteiger partial charge >= 0.3 is 0 Å². The molecule has 1 aliphatic carbocycles. The second kappa shape index (κ2) is 11.7. The smallest absolute Gasteiger partial charge is 0.269 e. The number of hydrogen-bond acceptors (Lipinski definition) is 5. The molecule has 0 spiro atoms. The van der Waals surface area contributed by atoms with Crippen molar-refractivity contribution >= 4 is 24.0 Å². The van der Waals surface area contributed by atoms with Crippen molar-refractivity contribution < 1.29 is 14.5 Å². The highest BCUT2D eigenvalue weighted by Crippen LogP contribution is 2.17. The van der Waals surface area contributed by atoms with Gasteiger partial charge in [0.1, 0.15) is 5.75 Å². The Morgan fingerprint density at radius 1 is 1.12 bits per heavy atom. The van der Waals surface area contributed by atoms with Crippen molar-refractivity contribution in [1.82, 2.24) is 10.6 Å². The molecule has 0 atom stereocenters. The number of nitro benzene ring substituents is 1. The van der Waals surface area contributed by atoms with Crippen molar-refractivity contribution in [3.63, 3.8) is 0 Å². The molecule has 7 nitrogen and oxygen atoms in total. The Morgan fingerprint density at radius 3 is 2.36 bits per heavy atom. The fourth-order valence-corrected chi connectivity index (χ4v) is 2.83. The summed E-state index contributed by atoms with van der Waals surface area (Å²) < 4.78 is 5.31. The minimum atomic E-state index is -0.474. The minimum absolute atomic E-state index is 0. The lowest BCUT2D eigenvalue weighted by Gasteiger charge is -2.16. The number of carbonyl (C=O) groups is 1. The summed E-state index contributed by atoms with van der Waals surface area (Å²) in [7, 11) is 0. The van der Waals surface area contributed by atoms with Crippen LogP contribution in [0.3, 0.4) is 0 Å². The van der Waals surface area contributed by atoms with Gasteiger partial charge in [0.15, 0.2) is 6.61 Å². The van der Waals surface area contributed by atoms with Crippen LogP contribution >= 0.6 is 12.4 Å². The van der Waals surface area contributed by atoms with Crippen LogP contribution in [-0.4, -0.2) is 36.6 Å². The number of nitro groups is 1. The van der Waals surface area contributed by atoms with Crippen molar-refractivity contribution in [2.24, 2.45) is 0 Å². The molecule has 1 aromatic rings. The van der Waals surface area contributed by atoms with Crippen molar-refractivity contribution in [2.75, 3.05) is 19.7 Å². The van der Waals surface area contributed by atoms with Gasteiger partial charge in [0.05, 0.1) is 4.92 Å². The first-order chi connectivity index (χ1) is 11.6. The number of non-ortho nitro benzene ring substituents is 1. The highest BCUT2D eigenvalue weighted by atomic mass is 35.5. The largest absolute Gasteiger partial charge is 0.484 e. The molecule has 1 amide bonds. The van der Waals surface area contributed by atoms with Crippen LogP contribution in [0, 0.1) is 10.1 Å². The molecule has 1 aromatic carbocycles. The van der Waals surface area contributed by atoms with Gasteiger partial charge in [-0.25, -0.2) is 0 Å². The normalized spacial score (nSPS) is 14.9. The third-order valence-electron chi connectivity index (χ3n) is 4.15. The second-order valence-electron chi connectivity index (χ2n) is 6.03. The Labute approximate surface area is 154 Å². The molecule has 0 heterocycles. The third kappa shape index (κ3) is 8.18. The standard InChI is InChI=1S/C17H25N3O4.ClH/c21-17(13-24-16-9-7-15(8-10-16)20(22)23)19-12-11-18-14-5-3-1-2-4-6-14;/h7-10,14,18H,1-6,11-13H2,(H,19,21);1H. The molecular formula is C17H26ClN3O4. The fraction of sp³-hybridized carbons (Fsp3) is 0.588. The predicted molar refractivity (Wildman–Crippen MR) is 98.3 cm³/mol. The molecule has 2 N–H and O–H groups in total. The zero-order valence-corrected chi connectivity index (χ0v) is 15.1. The zero-order valence-electron chi connectivity index (χ0n) is 14.2. The Morgan fingerprint density at radius 2 is 1.76 bits per heavy atom. The van der Waals surface area contributed by atoms with E-state index in [9.17, 15) is 14.9 Å². The highest BCUT2D eigenvalue weighted by molar-refractivity contribution is 5.85. The van der Waals surface area contributed by atoms with Crippen molar-refractivity contribution in [3.8, 4) is 5.75 Å². The first-order valence-corrected chi connectivity index (χ1v) is 8.52. The van der Waals surface area contributed by atoms with Gasteiger partial charge in [0, 0.05) is 31.3 Å². The number of ether oxygens (including phenoxy) is 1. The molecular weight excluding hydrogens is 346 g/mol. The van der Waals surface area contributed by atoms with Gasteiger partial charge in [-0.3, -0.25) is 14.9 Å². The molecule has 0 unspecified atom stereocenters. The number of benzene rings is 1. The maximum Gasteiger partial charge on any atom is 0.269 e. The van der Waals surface area contributed by atoms with E-state index in [1.807, 2.05) is 0 Å². The van der Waals surface area contributed by atoms with Gasteiger partial charge < -0.3 is 15.4 Å². The predicted octanol–water partition coefficient (Wildman–Crippen LogP) is 2.82. The molecule has 0 radical (unpaired) electrons. The Balaban J connectivity index is 0.00000312. The molecule has 8 heteroatoms. The molecule has 140 valence electrons. The first-order valence-electron chi connectivity index (χ1n) is 8.52. The molecule has 2 rings (SSSR count). The first kappa shape index (κ1) is 21.2. The van der Waals surface area contributed by atoms with E-state index in [1.54, 1.807) is 0 Å². The van der Waals surface area contributed by atoms with Gasteiger partial charge in [-0.2, -0.15) is 0 Å². The van der Waals surface area contributed by atoms with E-state index in [4.69, 9.17) is 4.74 Å². The zero-order chi connectivity index (χ0) is 17.2. The van der Waals surface area contributed by atoms with Gasteiger partial charge in [0.2, 0.25) is 0 Å².